The Kier molecular flexibility index (Phi) is 5.36. The van der Waals surface area contributed by atoms with Crippen molar-refractivity contribution >= 4 is 17.4 Å². The van der Waals surface area contributed by atoms with Crippen LogP contribution in [0.2, 0.25) is 0 Å². The van der Waals surface area contributed by atoms with Crippen LogP contribution in [-0.4, -0.2) is 18.8 Å². The number of nitrogens with one attached hydrogen (secondary N) is 1. The van der Waals surface area contributed by atoms with Crippen molar-refractivity contribution < 1.29 is 14.3 Å². The first-order valence-corrected chi connectivity index (χ1v) is 6.07. The maximum absolute atomic E-state index is 11.7. The summed E-state index contributed by atoms with van der Waals surface area (Å²) in [6.07, 6.45) is 2.29. The largest absolute Gasteiger partial charge is 0.495 e. The van der Waals surface area contributed by atoms with Gasteiger partial charge in [-0.1, -0.05) is 13.3 Å². The van der Waals surface area contributed by atoms with E-state index in [2.05, 4.69) is 5.32 Å². The Morgan fingerprint density at radius 3 is 2.61 bits per heavy atom. The van der Waals surface area contributed by atoms with Crippen LogP contribution in [0.3, 0.4) is 0 Å². The summed E-state index contributed by atoms with van der Waals surface area (Å²) in [5.74, 6) is 0.461. The molecule has 0 aromatic heterocycles. The maximum atomic E-state index is 11.7. The highest BCUT2D eigenvalue weighted by atomic mass is 16.5. The first-order valence-electron chi connectivity index (χ1n) is 6.07. The Bertz CT molecular complexity index is 441. The van der Waals surface area contributed by atoms with Gasteiger partial charge in [0.25, 0.3) is 0 Å². The fourth-order valence-corrected chi connectivity index (χ4v) is 1.57. The van der Waals surface area contributed by atoms with E-state index in [1.54, 1.807) is 18.2 Å². The highest BCUT2D eigenvalue weighted by Gasteiger charge is 2.10. The van der Waals surface area contributed by atoms with Crippen LogP contribution in [-0.2, 0) is 4.79 Å². The molecule has 4 nitrogen and oxygen atoms in total. The second kappa shape index (κ2) is 6.79. The lowest BCUT2D eigenvalue weighted by Crippen LogP contribution is -2.12. The third-order valence-electron chi connectivity index (χ3n) is 2.64. The number of unbranched alkanes of at least 4 members (excludes halogenated alkanes) is 1. The van der Waals surface area contributed by atoms with Gasteiger partial charge in [-0.05, 0) is 31.5 Å². The number of benzene rings is 1. The van der Waals surface area contributed by atoms with Crippen LogP contribution in [0.1, 0.15) is 43.5 Å². The molecule has 98 valence electrons. The maximum Gasteiger partial charge on any atom is 0.224 e. The first-order chi connectivity index (χ1) is 8.58. The number of ether oxygens (including phenoxy) is 1. The molecular formula is C14H19NO3. The summed E-state index contributed by atoms with van der Waals surface area (Å²) in [4.78, 5) is 23.0. The van der Waals surface area contributed by atoms with Crippen molar-refractivity contribution in [2.45, 2.75) is 33.1 Å². The van der Waals surface area contributed by atoms with Crippen LogP contribution < -0.4 is 10.1 Å². The van der Waals surface area contributed by atoms with Gasteiger partial charge in [0, 0.05) is 12.0 Å². The lowest BCUT2D eigenvalue weighted by Gasteiger charge is -2.11. The lowest BCUT2D eigenvalue weighted by molar-refractivity contribution is -0.116. The molecule has 1 amide bonds. The smallest absolute Gasteiger partial charge is 0.224 e. The number of ketones is 1. The minimum absolute atomic E-state index is 0.0401. The van der Waals surface area contributed by atoms with Gasteiger partial charge in [-0.3, -0.25) is 9.59 Å². The summed E-state index contributed by atoms with van der Waals surface area (Å²) < 4.78 is 5.16. The van der Waals surface area contributed by atoms with Crippen LogP contribution >= 0.6 is 0 Å². The van der Waals surface area contributed by atoms with Crippen LogP contribution in [0.25, 0.3) is 0 Å². The van der Waals surface area contributed by atoms with E-state index in [0.29, 0.717) is 23.4 Å². The van der Waals surface area contributed by atoms with E-state index in [1.165, 1.54) is 14.0 Å². The van der Waals surface area contributed by atoms with Gasteiger partial charge in [-0.25, -0.2) is 0 Å². The molecule has 18 heavy (non-hydrogen) atoms. The molecule has 0 fully saturated rings. The SMILES string of the molecule is CCCCC(=O)Nc1cc(C(C)=O)ccc1OC. The monoisotopic (exact) mass is 249 g/mol. The summed E-state index contributed by atoms with van der Waals surface area (Å²) in [5.41, 5.74) is 1.10. The predicted molar refractivity (Wildman–Crippen MR) is 71.2 cm³/mol. The van der Waals surface area contributed by atoms with Crippen molar-refractivity contribution in [2.24, 2.45) is 0 Å². The van der Waals surface area contributed by atoms with Crippen LogP contribution in [0.5, 0.6) is 5.75 Å². The summed E-state index contributed by atoms with van der Waals surface area (Å²) in [5, 5.41) is 2.78. The number of hydrogen-bond donors (Lipinski definition) is 1. The molecule has 0 aliphatic carbocycles. The van der Waals surface area contributed by atoms with Crippen LogP contribution in [0, 0.1) is 0 Å². The van der Waals surface area contributed by atoms with Gasteiger partial charge < -0.3 is 10.1 Å². The summed E-state index contributed by atoms with van der Waals surface area (Å²) in [7, 11) is 1.53. The molecular weight excluding hydrogens is 230 g/mol. The zero-order chi connectivity index (χ0) is 13.5. The molecule has 0 atom stereocenters. The Labute approximate surface area is 107 Å². The molecule has 0 unspecified atom stereocenters. The molecule has 4 heteroatoms. The number of carbonyl (C=O) groups is 2. The standard InChI is InChI=1S/C14H19NO3/c1-4-5-6-14(17)15-12-9-11(10(2)16)7-8-13(12)18-3/h7-9H,4-6H2,1-3H3,(H,15,17). The van der Waals surface area contributed by atoms with Crippen LogP contribution in [0.15, 0.2) is 18.2 Å². The van der Waals surface area contributed by atoms with Gasteiger partial charge in [-0.15, -0.1) is 0 Å². The van der Waals surface area contributed by atoms with Gasteiger partial charge >= 0.3 is 0 Å². The molecule has 0 aliphatic rings. The van der Waals surface area contributed by atoms with Crippen molar-refractivity contribution in [1.29, 1.82) is 0 Å². The average Bonchev–Trinajstić information content (AvgIpc) is 2.36. The molecule has 0 spiro atoms. The molecule has 1 rings (SSSR count). The minimum Gasteiger partial charge on any atom is -0.495 e. The normalized spacial score (nSPS) is 9.94. The van der Waals surface area contributed by atoms with E-state index in [0.717, 1.165) is 12.8 Å². The fourth-order valence-electron chi connectivity index (χ4n) is 1.57. The van der Waals surface area contributed by atoms with Gasteiger partial charge in [0.2, 0.25) is 5.91 Å². The second-order valence-electron chi connectivity index (χ2n) is 4.12. The Morgan fingerprint density at radius 2 is 2.06 bits per heavy atom. The highest BCUT2D eigenvalue weighted by Crippen LogP contribution is 2.26. The fraction of sp³-hybridized carbons (Fsp3) is 0.429. The molecule has 0 aliphatic heterocycles. The average molecular weight is 249 g/mol. The summed E-state index contributed by atoms with van der Waals surface area (Å²) in [6, 6.07) is 5.01. The Morgan fingerprint density at radius 1 is 1.33 bits per heavy atom. The van der Waals surface area contributed by atoms with Crippen molar-refractivity contribution in [3.63, 3.8) is 0 Å². The zero-order valence-corrected chi connectivity index (χ0v) is 11.1. The van der Waals surface area contributed by atoms with Crippen molar-refractivity contribution in [3.8, 4) is 5.75 Å². The molecule has 1 aromatic carbocycles. The Balaban J connectivity index is 2.87. The number of rotatable bonds is 6. The molecule has 1 N–H and O–H groups in total. The number of carbonyl (C=O) groups excluding carboxylic acids is 2. The number of amides is 1. The molecule has 1 aromatic rings. The van der Waals surface area contributed by atoms with Crippen molar-refractivity contribution in [2.75, 3.05) is 12.4 Å². The lowest BCUT2D eigenvalue weighted by atomic mass is 10.1. The molecule has 0 heterocycles. The van der Waals surface area contributed by atoms with Gasteiger partial charge in [-0.2, -0.15) is 0 Å². The van der Waals surface area contributed by atoms with E-state index in [1.807, 2.05) is 6.92 Å². The highest BCUT2D eigenvalue weighted by molar-refractivity contribution is 5.98. The third kappa shape index (κ3) is 3.87. The second-order valence-corrected chi connectivity index (χ2v) is 4.12. The van der Waals surface area contributed by atoms with E-state index >= 15 is 0 Å². The molecule has 0 saturated heterocycles. The molecule has 0 bridgehead atoms. The van der Waals surface area contributed by atoms with E-state index in [9.17, 15) is 9.59 Å². The minimum atomic E-state index is -0.0594. The van der Waals surface area contributed by atoms with E-state index < -0.39 is 0 Å². The van der Waals surface area contributed by atoms with Gasteiger partial charge in [0.15, 0.2) is 5.78 Å². The van der Waals surface area contributed by atoms with E-state index in [-0.39, 0.29) is 11.7 Å². The van der Waals surface area contributed by atoms with Crippen molar-refractivity contribution in [3.05, 3.63) is 23.8 Å². The number of methoxy groups -OCH3 is 1. The van der Waals surface area contributed by atoms with Gasteiger partial charge in [0.05, 0.1) is 12.8 Å². The zero-order valence-electron chi connectivity index (χ0n) is 11.1. The quantitative estimate of drug-likeness (QED) is 0.788. The first kappa shape index (κ1) is 14.2. The number of hydrogen-bond acceptors (Lipinski definition) is 3. The topological polar surface area (TPSA) is 55.4 Å². The number of anilines is 1. The van der Waals surface area contributed by atoms with Crippen LogP contribution in [0.4, 0.5) is 5.69 Å². The summed E-state index contributed by atoms with van der Waals surface area (Å²) >= 11 is 0. The third-order valence-corrected chi connectivity index (χ3v) is 2.64. The summed E-state index contributed by atoms with van der Waals surface area (Å²) in [6.45, 7) is 3.52. The number of Topliss-reactive ketones (excluding diaryl/α,β-unsaturated/α-hetero) is 1. The van der Waals surface area contributed by atoms with Crippen molar-refractivity contribution in [1.82, 2.24) is 0 Å². The Hall–Kier alpha value is -1.84. The molecule has 0 radical (unpaired) electrons. The van der Waals surface area contributed by atoms with Gasteiger partial charge in [0.1, 0.15) is 5.75 Å². The predicted octanol–water partition coefficient (Wildman–Crippen LogP) is 3.03. The molecule has 0 saturated carbocycles. The van der Waals surface area contributed by atoms with E-state index in [4.69, 9.17) is 4.74 Å².